The average molecular weight is 643 g/mol. The van der Waals surface area contributed by atoms with Gasteiger partial charge in [0.25, 0.3) is 0 Å². The maximum atomic E-state index is 14.7. The van der Waals surface area contributed by atoms with Gasteiger partial charge in [-0.3, -0.25) is 9.55 Å². The van der Waals surface area contributed by atoms with Crippen LogP contribution in [0.2, 0.25) is 5.02 Å². The molecule has 6 nitrogen and oxygen atoms in total. The molecule has 1 saturated heterocycles. The maximum absolute atomic E-state index is 14.7. The largest absolute Gasteiger partial charge is 1.00 e. The summed E-state index contributed by atoms with van der Waals surface area (Å²) in [5.41, 5.74) is 3.06. The zero-order valence-electron chi connectivity index (χ0n) is 20.9. The number of imidazole rings is 1. The monoisotopic (exact) mass is 642 g/mol. The molecule has 0 spiro atoms. The molecule has 1 N–H and O–H groups in total. The van der Waals surface area contributed by atoms with Crippen LogP contribution in [-0.2, 0) is 7.05 Å². The van der Waals surface area contributed by atoms with E-state index in [-0.39, 0.29) is 95.2 Å². The second kappa shape index (κ2) is 13.0. The quantitative estimate of drug-likeness (QED) is 0.347. The minimum atomic E-state index is -0.484. The minimum absolute atomic E-state index is 0. The molecular formula is C28H31ClCsFN4O2. The maximum Gasteiger partial charge on any atom is 1.00 e. The Hall–Kier alpha value is -1.53. The van der Waals surface area contributed by atoms with Gasteiger partial charge in [0, 0.05) is 55.4 Å². The number of hydrogen-bond donors (Lipinski definition) is 1. The van der Waals surface area contributed by atoms with Gasteiger partial charge in [0.2, 0.25) is 0 Å². The molecule has 1 fully saturated rings. The van der Waals surface area contributed by atoms with E-state index >= 15 is 0 Å². The first-order valence-electron chi connectivity index (χ1n) is 11.1. The van der Waals surface area contributed by atoms with Crippen molar-refractivity contribution in [2.75, 3.05) is 18.0 Å². The van der Waals surface area contributed by atoms with E-state index in [4.69, 9.17) is 11.6 Å². The van der Waals surface area contributed by atoms with Gasteiger partial charge in [-0.2, -0.15) is 0 Å². The number of rotatable bonds is 4. The van der Waals surface area contributed by atoms with Gasteiger partial charge in [-0.25, -0.2) is 9.18 Å². The number of hydrogen-bond acceptors (Lipinski definition) is 4. The van der Waals surface area contributed by atoms with Gasteiger partial charge in [-0.15, -0.1) is 0 Å². The Morgan fingerprint density at radius 3 is 2.38 bits per heavy atom. The van der Waals surface area contributed by atoms with E-state index in [1.54, 1.807) is 50.0 Å². The van der Waals surface area contributed by atoms with E-state index in [1.807, 2.05) is 6.07 Å². The molecule has 0 bridgehead atoms. The van der Waals surface area contributed by atoms with Gasteiger partial charge in [0.15, 0.2) is 0 Å². The van der Waals surface area contributed by atoms with E-state index < -0.39 is 5.82 Å². The molecule has 0 saturated carbocycles. The van der Waals surface area contributed by atoms with Gasteiger partial charge in [-0.05, 0) is 48.2 Å². The van der Waals surface area contributed by atoms with Crippen LogP contribution < -0.4 is 79.5 Å². The van der Waals surface area contributed by atoms with Crippen molar-refractivity contribution in [2.45, 2.75) is 20.8 Å². The van der Waals surface area contributed by atoms with Gasteiger partial charge in [0.1, 0.15) is 11.6 Å². The molecule has 3 heterocycles. The third-order valence-electron chi connectivity index (χ3n) is 6.36. The molecule has 1 atom stereocenters. The van der Waals surface area contributed by atoms with E-state index in [0.717, 1.165) is 25.2 Å². The third-order valence-corrected chi connectivity index (χ3v) is 6.67. The predicted octanol–water partition coefficient (Wildman–Crippen LogP) is 3.34. The topological polar surface area (TPSA) is 63.3 Å². The molecule has 37 heavy (non-hydrogen) atoms. The molecule has 0 aliphatic carbocycles. The first-order valence-corrected chi connectivity index (χ1v) is 11.5. The second-order valence-corrected chi connectivity index (χ2v) is 9.26. The van der Waals surface area contributed by atoms with Crippen molar-refractivity contribution in [1.29, 1.82) is 0 Å². The van der Waals surface area contributed by atoms with Gasteiger partial charge in [0.05, 0.1) is 22.6 Å². The summed E-state index contributed by atoms with van der Waals surface area (Å²) in [6.45, 7) is 4.11. The SMILES string of the molecule is C.CC1CCN(c2cncc(-c3cc(F)cc(-c4ccc(-n5ccn(C)c5=O)c(Cl)c4)c3O)c2)C1.[CH3-].[Cs+]. The molecule has 190 valence electrons. The molecule has 0 amide bonds. The van der Waals surface area contributed by atoms with Crippen molar-refractivity contribution in [1.82, 2.24) is 14.1 Å². The number of aromatic hydroxyl groups is 1. The number of aryl methyl sites for hydroxylation is 1. The second-order valence-electron chi connectivity index (χ2n) is 8.85. The van der Waals surface area contributed by atoms with Crippen molar-refractivity contribution in [3.63, 3.8) is 0 Å². The summed E-state index contributed by atoms with van der Waals surface area (Å²) in [7, 11) is 1.65. The predicted molar refractivity (Wildman–Crippen MR) is 145 cm³/mol. The zero-order chi connectivity index (χ0) is 24.0. The van der Waals surface area contributed by atoms with Gasteiger partial charge < -0.3 is 22.0 Å². The summed E-state index contributed by atoms with van der Waals surface area (Å²) < 4.78 is 17.6. The Morgan fingerprint density at radius 1 is 1.08 bits per heavy atom. The standard InChI is InChI=1S/C26H24ClFN4O2.CH4.CH3.Cs/c1-16-5-6-31(15-16)20-9-18(13-29-14-20)22-12-19(28)11-21(25(22)33)17-3-4-24(23(27)10-17)32-8-7-30(2)26(32)34;;;/h3-4,7-14,16,33H,5-6,15H2,1-2H3;1H4;1H3;/q;;-1;+1. The van der Waals surface area contributed by atoms with Crippen LogP contribution in [-0.4, -0.2) is 32.3 Å². The first kappa shape index (κ1) is 31.7. The van der Waals surface area contributed by atoms with Gasteiger partial charge >= 0.3 is 74.6 Å². The third kappa shape index (κ3) is 6.38. The van der Waals surface area contributed by atoms with Crippen molar-refractivity contribution >= 4 is 17.3 Å². The fraction of sp³-hybridized carbons (Fsp3) is 0.250. The van der Waals surface area contributed by atoms with Crippen LogP contribution in [0.1, 0.15) is 20.8 Å². The molecule has 9 heteroatoms. The van der Waals surface area contributed by atoms with E-state index in [1.165, 1.54) is 21.3 Å². The van der Waals surface area contributed by atoms with E-state index in [2.05, 4.69) is 16.8 Å². The zero-order valence-corrected chi connectivity index (χ0v) is 27.9. The Bertz CT molecular complexity index is 1450. The summed E-state index contributed by atoms with van der Waals surface area (Å²) in [4.78, 5) is 18.9. The van der Waals surface area contributed by atoms with Crippen LogP contribution in [0.15, 0.2) is 66.0 Å². The molecule has 2 aromatic carbocycles. The van der Waals surface area contributed by atoms with Crippen molar-refractivity contribution in [3.05, 3.63) is 89.9 Å². The number of aromatic nitrogens is 3. The van der Waals surface area contributed by atoms with Crippen LogP contribution in [0.5, 0.6) is 5.75 Å². The number of benzene rings is 2. The van der Waals surface area contributed by atoms with E-state index in [9.17, 15) is 14.3 Å². The van der Waals surface area contributed by atoms with Crippen molar-refractivity contribution in [2.24, 2.45) is 13.0 Å². The Morgan fingerprint density at radius 2 is 1.78 bits per heavy atom. The Kier molecular flexibility index (Phi) is 11.1. The first-order chi connectivity index (χ1) is 16.3. The molecule has 0 radical (unpaired) electrons. The van der Waals surface area contributed by atoms with Gasteiger partial charge in [-0.1, -0.05) is 32.0 Å². The van der Waals surface area contributed by atoms with Crippen LogP contribution in [0.3, 0.4) is 0 Å². The van der Waals surface area contributed by atoms with Crippen LogP contribution in [0, 0.1) is 19.2 Å². The summed E-state index contributed by atoms with van der Waals surface area (Å²) in [5.74, 6) is 0.0654. The number of pyridine rings is 1. The summed E-state index contributed by atoms with van der Waals surface area (Å²) in [6, 6.07) is 9.53. The number of nitrogens with zero attached hydrogens (tertiary/aromatic N) is 4. The van der Waals surface area contributed by atoms with Crippen LogP contribution >= 0.6 is 11.6 Å². The molecule has 1 unspecified atom stereocenters. The molecule has 5 rings (SSSR count). The number of phenolic OH excluding ortho intramolecular Hbond substituents is 1. The summed E-state index contributed by atoms with van der Waals surface area (Å²) in [5, 5.41) is 11.4. The molecule has 1 aliphatic rings. The Balaban J connectivity index is 0.00000160. The molecule has 2 aromatic heterocycles. The smallest absolute Gasteiger partial charge is 0.507 e. The minimum Gasteiger partial charge on any atom is -0.507 e. The summed E-state index contributed by atoms with van der Waals surface area (Å²) >= 11 is 6.49. The number of halogens is 2. The van der Waals surface area contributed by atoms with Crippen LogP contribution in [0.4, 0.5) is 10.1 Å². The van der Waals surface area contributed by atoms with Crippen molar-refractivity contribution in [3.8, 4) is 33.7 Å². The molecule has 1 aliphatic heterocycles. The Labute approximate surface area is 281 Å². The number of phenols is 1. The number of anilines is 1. The normalized spacial score (nSPS) is 14.5. The van der Waals surface area contributed by atoms with E-state index in [0.29, 0.717) is 38.9 Å². The fourth-order valence-corrected chi connectivity index (χ4v) is 4.75. The van der Waals surface area contributed by atoms with Crippen molar-refractivity contribution < 1.29 is 78.4 Å². The molecule has 4 aromatic rings. The molecular weight excluding hydrogens is 612 g/mol. The average Bonchev–Trinajstić information content (AvgIpc) is 3.40. The van der Waals surface area contributed by atoms with Crippen LogP contribution in [0.25, 0.3) is 27.9 Å². The fourth-order valence-electron chi connectivity index (χ4n) is 4.47. The summed E-state index contributed by atoms with van der Waals surface area (Å²) in [6.07, 6.45) is 7.80.